The first-order valence-electron chi connectivity index (χ1n) is 9.90. The van der Waals surface area contributed by atoms with E-state index in [0.29, 0.717) is 18.8 Å². The van der Waals surface area contributed by atoms with Gasteiger partial charge in [-0.05, 0) is 43.9 Å². The smallest absolute Gasteiger partial charge is 0.267 e. The molecule has 2 aliphatic rings. The van der Waals surface area contributed by atoms with Crippen molar-refractivity contribution in [3.8, 4) is 0 Å². The number of rotatable bonds is 3. The van der Waals surface area contributed by atoms with Crippen LogP contribution in [0.3, 0.4) is 0 Å². The zero-order valence-electron chi connectivity index (χ0n) is 15.8. The Kier molecular flexibility index (Phi) is 4.84. The predicted octanol–water partition coefficient (Wildman–Crippen LogP) is 2.23. The Labute approximate surface area is 171 Å². The van der Waals surface area contributed by atoms with Crippen LogP contribution in [0, 0.1) is 0 Å². The zero-order chi connectivity index (χ0) is 19.8. The van der Waals surface area contributed by atoms with Gasteiger partial charge >= 0.3 is 0 Å². The number of ether oxygens (including phenoxy) is 1. The van der Waals surface area contributed by atoms with Gasteiger partial charge in [0, 0.05) is 29.7 Å². The molecule has 0 unspecified atom stereocenters. The van der Waals surface area contributed by atoms with Crippen LogP contribution in [-0.4, -0.2) is 37.1 Å². The average molecular weight is 411 g/mol. The first-order valence-corrected chi connectivity index (χ1v) is 10.6. The molecule has 5 rings (SSSR count). The summed E-state index contributed by atoms with van der Waals surface area (Å²) in [6.45, 7) is 1.12. The van der Waals surface area contributed by atoms with Crippen LogP contribution in [0.5, 0.6) is 0 Å². The van der Waals surface area contributed by atoms with E-state index < -0.39 is 0 Å². The predicted molar refractivity (Wildman–Crippen MR) is 108 cm³/mol. The normalized spacial score (nSPS) is 21.7. The monoisotopic (exact) mass is 411 g/mol. The number of aromatic nitrogens is 4. The van der Waals surface area contributed by atoms with E-state index in [-0.39, 0.29) is 23.6 Å². The third-order valence-electron chi connectivity index (χ3n) is 5.76. The summed E-state index contributed by atoms with van der Waals surface area (Å²) in [5.41, 5.74) is 3.97. The number of carbonyl (C=O) groups excluding carboxylic acids is 1. The highest BCUT2D eigenvalue weighted by molar-refractivity contribution is 7.00. The third-order valence-corrected chi connectivity index (χ3v) is 6.31. The lowest BCUT2D eigenvalue weighted by Gasteiger charge is -2.30. The second kappa shape index (κ2) is 7.64. The van der Waals surface area contributed by atoms with E-state index in [1.807, 2.05) is 6.07 Å². The first-order chi connectivity index (χ1) is 14.2. The molecule has 0 radical (unpaired) electrons. The van der Waals surface area contributed by atoms with Crippen molar-refractivity contribution in [2.24, 2.45) is 0 Å². The van der Waals surface area contributed by atoms with Gasteiger partial charge in [0.15, 0.2) is 0 Å². The number of benzene rings is 1. The minimum absolute atomic E-state index is 0.0630. The number of amides is 1. The first kappa shape index (κ1) is 18.4. The number of carbonyl (C=O) groups is 1. The molecule has 1 saturated carbocycles. The summed E-state index contributed by atoms with van der Waals surface area (Å²) in [6, 6.07) is 7.24. The highest BCUT2D eigenvalue weighted by atomic mass is 32.1. The Bertz CT molecular complexity index is 1120. The largest absolute Gasteiger partial charge is 0.376 e. The average Bonchev–Trinajstić information content (AvgIpc) is 3.22. The van der Waals surface area contributed by atoms with E-state index >= 15 is 0 Å². The van der Waals surface area contributed by atoms with Crippen LogP contribution >= 0.6 is 11.7 Å². The van der Waals surface area contributed by atoms with Gasteiger partial charge in [-0.25, -0.2) is 4.68 Å². The number of nitrogens with zero attached hydrogens (tertiary/aromatic N) is 4. The molecule has 29 heavy (non-hydrogen) atoms. The van der Waals surface area contributed by atoms with Crippen LogP contribution < -0.4 is 10.9 Å². The second-order valence-corrected chi connectivity index (χ2v) is 8.18. The fourth-order valence-electron chi connectivity index (χ4n) is 4.15. The van der Waals surface area contributed by atoms with Gasteiger partial charge in [0.1, 0.15) is 11.0 Å². The second-order valence-electron chi connectivity index (χ2n) is 7.65. The Morgan fingerprint density at radius 2 is 1.97 bits per heavy atom. The van der Waals surface area contributed by atoms with Crippen LogP contribution in [-0.2, 0) is 17.8 Å². The maximum Gasteiger partial charge on any atom is 0.267 e. The summed E-state index contributed by atoms with van der Waals surface area (Å²) in [7, 11) is 0. The van der Waals surface area contributed by atoms with Gasteiger partial charge in [-0.1, -0.05) is 0 Å². The topological polar surface area (TPSA) is 99.0 Å². The molecule has 1 aliphatic carbocycles. The zero-order valence-corrected chi connectivity index (χ0v) is 16.7. The van der Waals surface area contributed by atoms with E-state index in [9.17, 15) is 9.59 Å². The van der Waals surface area contributed by atoms with Gasteiger partial charge < -0.3 is 10.1 Å². The van der Waals surface area contributed by atoms with Gasteiger partial charge in [0.05, 0.1) is 36.7 Å². The van der Waals surface area contributed by atoms with Crippen LogP contribution in [0.2, 0.25) is 0 Å². The maximum absolute atomic E-state index is 12.6. The van der Waals surface area contributed by atoms with Gasteiger partial charge in [0.25, 0.3) is 11.5 Å². The van der Waals surface area contributed by atoms with E-state index in [1.54, 1.807) is 22.9 Å². The number of nitrogens with one attached hydrogen (secondary N) is 1. The minimum Gasteiger partial charge on any atom is -0.376 e. The van der Waals surface area contributed by atoms with Crippen molar-refractivity contribution in [3.05, 3.63) is 51.4 Å². The Balaban J connectivity index is 1.23. The molecule has 1 N–H and O–H groups in total. The molecular weight excluding hydrogens is 390 g/mol. The third kappa shape index (κ3) is 3.67. The molecular formula is C20H21N5O3S. The fourth-order valence-corrected chi connectivity index (χ4v) is 4.66. The molecule has 0 spiro atoms. The van der Waals surface area contributed by atoms with Crippen molar-refractivity contribution in [2.75, 3.05) is 6.61 Å². The molecule has 0 bridgehead atoms. The maximum atomic E-state index is 12.6. The van der Waals surface area contributed by atoms with Crippen LogP contribution in [0.4, 0.5) is 0 Å². The molecule has 8 nitrogen and oxygen atoms in total. The molecule has 0 atom stereocenters. The lowest BCUT2D eigenvalue weighted by Crippen LogP contribution is -2.40. The molecule has 3 aromatic rings. The lowest BCUT2D eigenvalue weighted by atomic mass is 9.91. The van der Waals surface area contributed by atoms with Crippen molar-refractivity contribution < 1.29 is 9.53 Å². The molecule has 150 valence electrons. The van der Waals surface area contributed by atoms with Gasteiger partial charge in [-0.3, -0.25) is 9.59 Å². The number of hydrogen-bond acceptors (Lipinski definition) is 7. The summed E-state index contributed by atoms with van der Waals surface area (Å²) < 4.78 is 15.4. The quantitative estimate of drug-likeness (QED) is 0.710. The molecule has 1 aromatic carbocycles. The molecule has 3 heterocycles. The summed E-state index contributed by atoms with van der Waals surface area (Å²) in [5.74, 6) is -0.0903. The molecule has 2 aromatic heterocycles. The van der Waals surface area contributed by atoms with Crippen molar-refractivity contribution in [3.63, 3.8) is 0 Å². The van der Waals surface area contributed by atoms with Crippen molar-refractivity contribution in [1.29, 1.82) is 0 Å². The standard InChI is InChI=1S/C20H21N5O3S/c26-19-10-13-11-28-8-7-16(13)22-25(19)15-4-2-14(3-5-15)21-20(27)12-1-6-17-18(9-12)24-29-23-17/h1,6,9-10,14-15H,2-5,7-8,11H2,(H,21,27). The van der Waals surface area contributed by atoms with Crippen molar-refractivity contribution in [2.45, 2.75) is 50.8 Å². The van der Waals surface area contributed by atoms with E-state index in [0.717, 1.165) is 66.1 Å². The highest BCUT2D eigenvalue weighted by Gasteiger charge is 2.26. The number of hydrogen-bond donors (Lipinski definition) is 1. The van der Waals surface area contributed by atoms with E-state index in [2.05, 4.69) is 19.2 Å². The Hall–Kier alpha value is -2.65. The minimum atomic E-state index is -0.0903. The van der Waals surface area contributed by atoms with Gasteiger partial charge in [-0.2, -0.15) is 13.8 Å². The summed E-state index contributed by atoms with van der Waals surface area (Å²) in [4.78, 5) is 25.1. The highest BCUT2D eigenvalue weighted by Crippen LogP contribution is 2.28. The van der Waals surface area contributed by atoms with Crippen molar-refractivity contribution >= 4 is 28.7 Å². The van der Waals surface area contributed by atoms with Crippen LogP contribution in [0.15, 0.2) is 29.1 Å². The van der Waals surface area contributed by atoms with Gasteiger partial charge in [-0.15, -0.1) is 0 Å². The van der Waals surface area contributed by atoms with E-state index in [1.165, 1.54) is 0 Å². The van der Waals surface area contributed by atoms with Gasteiger partial charge in [0.2, 0.25) is 0 Å². The molecule has 0 saturated heterocycles. The summed E-state index contributed by atoms with van der Waals surface area (Å²) in [6.07, 6.45) is 4.04. The summed E-state index contributed by atoms with van der Waals surface area (Å²) >= 11 is 1.14. The Morgan fingerprint density at radius 1 is 1.14 bits per heavy atom. The molecule has 9 heteroatoms. The number of fused-ring (bicyclic) bond motifs is 2. The fraction of sp³-hybridized carbons (Fsp3) is 0.450. The Morgan fingerprint density at radius 3 is 2.83 bits per heavy atom. The van der Waals surface area contributed by atoms with Crippen molar-refractivity contribution in [1.82, 2.24) is 23.8 Å². The van der Waals surface area contributed by atoms with E-state index in [4.69, 9.17) is 4.74 Å². The van der Waals surface area contributed by atoms with Crippen LogP contribution in [0.1, 0.15) is 53.3 Å². The molecule has 1 fully saturated rings. The SMILES string of the molecule is O=C(NC1CCC(n2nc3c(cc2=O)COCC3)CC1)c1ccc2nsnc2c1. The summed E-state index contributed by atoms with van der Waals surface area (Å²) in [5, 5.41) is 7.74. The molecule has 1 amide bonds. The molecule has 1 aliphatic heterocycles. The lowest BCUT2D eigenvalue weighted by molar-refractivity contribution is 0.0920. The van der Waals surface area contributed by atoms with Crippen LogP contribution in [0.25, 0.3) is 11.0 Å².